The van der Waals surface area contributed by atoms with E-state index in [1.54, 1.807) is 30.6 Å². The predicted molar refractivity (Wildman–Crippen MR) is 82.3 cm³/mol. The number of nitrogens with zero attached hydrogens (tertiary/aromatic N) is 2. The highest BCUT2D eigenvalue weighted by molar-refractivity contribution is 6.42. The zero-order valence-electron chi connectivity index (χ0n) is 10.1. The topological polar surface area (TPSA) is 41.6 Å². The average Bonchev–Trinajstić information content (AvgIpc) is 2.92. The van der Waals surface area contributed by atoms with Crippen LogP contribution in [0.3, 0.4) is 0 Å². The molecule has 1 N–H and O–H groups in total. The highest BCUT2D eigenvalue weighted by atomic mass is 35.5. The molecule has 0 aliphatic heterocycles. The number of benzene rings is 1. The van der Waals surface area contributed by atoms with Gasteiger partial charge in [-0.15, -0.1) is 0 Å². The van der Waals surface area contributed by atoms with Crippen LogP contribution in [0.5, 0.6) is 0 Å². The van der Waals surface area contributed by atoms with Crippen LogP contribution in [0.1, 0.15) is 0 Å². The van der Waals surface area contributed by atoms with E-state index in [1.807, 2.05) is 12.1 Å². The Kier molecular flexibility index (Phi) is 3.66. The van der Waals surface area contributed by atoms with Gasteiger partial charge in [0.1, 0.15) is 11.0 Å². The third-order valence-corrected chi connectivity index (χ3v) is 3.77. The van der Waals surface area contributed by atoms with Crippen LogP contribution in [0, 0.1) is 0 Å². The number of hydrogen-bond donors (Lipinski definition) is 1. The summed E-state index contributed by atoms with van der Waals surface area (Å²) in [6.07, 6.45) is 3.41. The molecule has 0 atom stereocenters. The van der Waals surface area contributed by atoms with Crippen molar-refractivity contribution >= 4 is 34.8 Å². The monoisotopic (exact) mass is 323 g/mol. The van der Waals surface area contributed by atoms with Gasteiger partial charge in [0.05, 0.1) is 21.9 Å². The molecule has 0 saturated heterocycles. The molecule has 1 aromatic carbocycles. The van der Waals surface area contributed by atoms with E-state index in [0.29, 0.717) is 15.2 Å². The summed E-state index contributed by atoms with van der Waals surface area (Å²) in [6.45, 7) is 0. The van der Waals surface area contributed by atoms with E-state index in [9.17, 15) is 0 Å². The maximum absolute atomic E-state index is 6.01. The first-order chi connectivity index (χ1) is 9.63. The maximum atomic E-state index is 6.01. The number of rotatable bonds is 2. The van der Waals surface area contributed by atoms with E-state index in [-0.39, 0.29) is 0 Å². The summed E-state index contributed by atoms with van der Waals surface area (Å²) in [5.74, 6) is 0.718. The quantitative estimate of drug-likeness (QED) is 0.666. The summed E-state index contributed by atoms with van der Waals surface area (Å²) in [5.41, 5.74) is 2.63. The summed E-state index contributed by atoms with van der Waals surface area (Å²) in [5, 5.41) is 1.48. The van der Waals surface area contributed by atoms with Gasteiger partial charge in [0, 0.05) is 17.3 Å². The van der Waals surface area contributed by atoms with E-state index in [2.05, 4.69) is 15.0 Å². The third-order valence-electron chi connectivity index (χ3n) is 2.81. The molecule has 2 aromatic heterocycles. The molecule has 0 unspecified atom stereocenters. The second kappa shape index (κ2) is 5.44. The Bertz CT molecular complexity index is 751. The number of halogens is 3. The van der Waals surface area contributed by atoms with Crippen LogP contribution in [0.25, 0.3) is 22.6 Å². The zero-order valence-corrected chi connectivity index (χ0v) is 12.3. The molecular weight excluding hydrogens is 317 g/mol. The van der Waals surface area contributed by atoms with Gasteiger partial charge in [-0.2, -0.15) is 0 Å². The highest BCUT2D eigenvalue weighted by Crippen LogP contribution is 2.28. The second-order valence-electron chi connectivity index (χ2n) is 4.14. The molecule has 0 aliphatic rings. The molecule has 6 heteroatoms. The van der Waals surface area contributed by atoms with Crippen molar-refractivity contribution in [1.29, 1.82) is 0 Å². The molecule has 0 spiro atoms. The highest BCUT2D eigenvalue weighted by Gasteiger charge is 2.07. The molecule has 3 rings (SSSR count). The van der Waals surface area contributed by atoms with Crippen molar-refractivity contribution in [3.8, 4) is 22.6 Å². The van der Waals surface area contributed by atoms with E-state index in [0.717, 1.165) is 22.6 Å². The Hall–Kier alpha value is -1.55. The first-order valence-corrected chi connectivity index (χ1v) is 6.89. The lowest BCUT2D eigenvalue weighted by molar-refractivity contribution is 1.26. The molecule has 20 heavy (non-hydrogen) atoms. The first-order valence-electron chi connectivity index (χ1n) is 5.76. The van der Waals surface area contributed by atoms with Crippen molar-refractivity contribution in [3.63, 3.8) is 0 Å². The molecule has 100 valence electrons. The van der Waals surface area contributed by atoms with Crippen LogP contribution in [-0.2, 0) is 0 Å². The molecule has 0 fully saturated rings. The van der Waals surface area contributed by atoms with Crippen LogP contribution < -0.4 is 0 Å². The SMILES string of the molecule is Clc1ccc(-c2ncc(-c3ccc(Cl)c(Cl)c3)[nH]2)cn1. The summed E-state index contributed by atoms with van der Waals surface area (Å²) < 4.78 is 0. The van der Waals surface area contributed by atoms with Crippen molar-refractivity contribution in [2.75, 3.05) is 0 Å². The molecule has 0 radical (unpaired) electrons. The summed E-state index contributed by atoms with van der Waals surface area (Å²) >= 11 is 17.7. The molecule has 0 bridgehead atoms. The van der Waals surface area contributed by atoms with Crippen LogP contribution in [0.2, 0.25) is 15.2 Å². The van der Waals surface area contributed by atoms with Crippen molar-refractivity contribution in [2.45, 2.75) is 0 Å². The molecular formula is C14H8Cl3N3. The van der Waals surface area contributed by atoms with Gasteiger partial charge in [-0.25, -0.2) is 9.97 Å². The maximum Gasteiger partial charge on any atom is 0.139 e. The molecule has 3 aromatic rings. The Labute approximate surface area is 130 Å². The van der Waals surface area contributed by atoms with Gasteiger partial charge in [0.15, 0.2) is 0 Å². The van der Waals surface area contributed by atoms with Crippen molar-refractivity contribution < 1.29 is 0 Å². The van der Waals surface area contributed by atoms with Gasteiger partial charge in [-0.3, -0.25) is 0 Å². The van der Waals surface area contributed by atoms with Crippen LogP contribution >= 0.6 is 34.8 Å². The fourth-order valence-electron chi connectivity index (χ4n) is 1.79. The largest absolute Gasteiger partial charge is 0.338 e. The summed E-state index contributed by atoms with van der Waals surface area (Å²) in [4.78, 5) is 11.6. The van der Waals surface area contributed by atoms with E-state index < -0.39 is 0 Å². The van der Waals surface area contributed by atoms with Gasteiger partial charge in [-0.1, -0.05) is 40.9 Å². The number of pyridine rings is 1. The fraction of sp³-hybridized carbons (Fsp3) is 0. The van der Waals surface area contributed by atoms with E-state index in [4.69, 9.17) is 34.8 Å². The van der Waals surface area contributed by atoms with Crippen molar-refractivity contribution in [2.24, 2.45) is 0 Å². The number of nitrogens with one attached hydrogen (secondary N) is 1. The Morgan fingerprint density at radius 2 is 1.60 bits per heavy atom. The van der Waals surface area contributed by atoms with Crippen molar-refractivity contribution in [3.05, 3.63) is 57.9 Å². The van der Waals surface area contributed by atoms with Gasteiger partial charge in [0.2, 0.25) is 0 Å². The van der Waals surface area contributed by atoms with E-state index >= 15 is 0 Å². The number of imidazole rings is 1. The first kappa shape index (κ1) is 13.4. The van der Waals surface area contributed by atoms with Crippen LogP contribution in [0.4, 0.5) is 0 Å². The normalized spacial score (nSPS) is 10.8. The average molecular weight is 325 g/mol. The molecule has 0 saturated carbocycles. The Balaban J connectivity index is 1.97. The minimum Gasteiger partial charge on any atom is -0.338 e. The lowest BCUT2D eigenvalue weighted by Crippen LogP contribution is -1.83. The number of H-pyrrole nitrogens is 1. The minimum absolute atomic E-state index is 0.449. The lowest BCUT2D eigenvalue weighted by atomic mass is 10.2. The lowest BCUT2D eigenvalue weighted by Gasteiger charge is -2.00. The molecule has 0 aliphatic carbocycles. The predicted octanol–water partition coefficient (Wildman–Crippen LogP) is 5.10. The Morgan fingerprint density at radius 3 is 2.30 bits per heavy atom. The molecule has 0 amide bonds. The van der Waals surface area contributed by atoms with Gasteiger partial charge in [0.25, 0.3) is 0 Å². The standard InChI is InChI=1S/C14H8Cl3N3/c15-10-3-1-8(5-11(10)16)12-7-19-14(20-12)9-2-4-13(17)18-6-9/h1-7H,(H,19,20). The number of hydrogen-bond acceptors (Lipinski definition) is 2. The summed E-state index contributed by atoms with van der Waals surface area (Å²) in [7, 11) is 0. The van der Waals surface area contributed by atoms with Crippen LogP contribution in [-0.4, -0.2) is 15.0 Å². The number of aromatic nitrogens is 3. The number of aromatic amines is 1. The Morgan fingerprint density at radius 1 is 0.800 bits per heavy atom. The minimum atomic E-state index is 0.449. The van der Waals surface area contributed by atoms with Crippen LogP contribution in [0.15, 0.2) is 42.7 Å². The zero-order chi connectivity index (χ0) is 14.1. The van der Waals surface area contributed by atoms with E-state index in [1.165, 1.54) is 0 Å². The van der Waals surface area contributed by atoms with Gasteiger partial charge < -0.3 is 4.98 Å². The van der Waals surface area contributed by atoms with Gasteiger partial charge >= 0.3 is 0 Å². The second-order valence-corrected chi connectivity index (χ2v) is 5.35. The third kappa shape index (κ3) is 2.66. The molecule has 3 nitrogen and oxygen atoms in total. The van der Waals surface area contributed by atoms with Gasteiger partial charge in [-0.05, 0) is 24.3 Å². The smallest absolute Gasteiger partial charge is 0.139 e. The molecule has 2 heterocycles. The van der Waals surface area contributed by atoms with Crippen molar-refractivity contribution in [1.82, 2.24) is 15.0 Å². The fourth-order valence-corrected chi connectivity index (χ4v) is 2.20. The summed E-state index contributed by atoms with van der Waals surface area (Å²) in [6, 6.07) is 9.00.